The highest BCUT2D eigenvalue weighted by Crippen LogP contribution is 2.15. The molecule has 2 fully saturated rings. The third-order valence-corrected chi connectivity index (χ3v) is 19.7. The minimum atomic E-state index is 0.889. The number of nitrogens with zero attached hydrogens (tertiary/aromatic N) is 21. The molecule has 25 heterocycles. The predicted molar refractivity (Wildman–Crippen MR) is 567 cm³/mol. The molecule has 2 aromatic carbocycles. The molecule has 32 heteroatoms. The zero-order chi connectivity index (χ0) is 96.5. The first-order valence-corrected chi connectivity index (χ1v) is 47.7. The molecule has 0 amide bonds. The number of aromatic nitrogens is 23. The molecule has 0 bridgehead atoms. The van der Waals surface area contributed by atoms with Crippen LogP contribution < -0.4 is 10.6 Å². The highest BCUT2D eigenvalue weighted by atomic mass is 32.1. The first kappa shape index (κ1) is 108. The highest BCUT2D eigenvalue weighted by Gasteiger charge is 2.07. The van der Waals surface area contributed by atoms with E-state index < -0.39 is 0 Å². The Morgan fingerprint density at radius 3 is 1.45 bits per heavy atom. The third-order valence-electron chi connectivity index (χ3n) is 17.8. The SMILES string of the molecule is C1=CCC=C1.C1=CCN=C1.C1=CN=CC1.C1CCNC1.C1CCNCC1.c1ccc2[nH]ccc2c1.c1ccc2ncccc2c1.c1ccn2ccnc2c1.c1ccncc1.c1ccncc1.c1ccnnc1.c1ccoc1.c1ccsc1.c1cn2c(n1)CCCC2.c1cn[nH]c1.c1cnc2[nH]ccc2c1.c1cnc2cc[nH]c2c1.c1cnc2scnc2c1.c1cnccn1.c1cscn1.c1nnco1. The van der Waals surface area contributed by atoms with Crippen LogP contribution in [-0.4, -0.2) is 159 Å². The van der Waals surface area contributed by atoms with E-state index in [2.05, 4.69) is 200 Å². The standard InChI is InChI=1S/C9H7N.C8H7N.2C7H6N2.C7H10N2.C7H6N2.C6H4N2S.C5H11N.2C5H5N.C5H6.2C4H4N2.C4H9N.2C4H5N.C4H4O.C4H4S.C3H4N2.C3H3NS.C2H2N2O/c1-2-6-9-8(4-1)5-3-7-10-9;1-2-4-8-7(3-1)5-6-9-8;1-2-6-7(8-4-1)3-5-9-6;1-2-6-3-5-9-7(6)8-4-1;2*1-2-5-9-6-4-8-7(9)3-1;1-2-5-6(7-3-1)9-4-8-5;3*1-2-4-6-5-3-1;1-2-4-5-3-1;1-2-6-4-3-5-1;1-2-4-6-5-3-1;6*1-2-4-5-3-1;1-2-5-3-4-1;1-3-4-2-5-1/h1-7H;1-6,9H;1-5,9H;1-5H,(H,8,9);4,6H,1-3,5H2;1-6H;1-4H;6H,1-5H2;2*1-5H;1-4H,5H2;2*1-4H;5H,1-4H2;1,3-4H,2H2;1-3H,4H2;2*1-4H;1-3H,(H,4,5);1-3H;1-2H. The van der Waals surface area contributed by atoms with Gasteiger partial charge in [0.15, 0.2) is 0 Å². The lowest BCUT2D eigenvalue weighted by atomic mass is 10.2. The molecule has 0 spiro atoms. The molecule has 139 heavy (non-hydrogen) atoms. The molecular weight excluding hydrogens is 1790 g/mol. The fourth-order valence-corrected chi connectivity index (χ4v) is 12.7. The van der Waals surface area contributed by atoms with E-state index in [-0.39, 0.29) is 0 Å². The van der Waals surface area contributed by atoms with Crippen molar-refractivity contribution in [2.45, 2.75) is 70.8 Å². The Kier molecular flexibility index (Phi) is 60.2. The number of nitrogens with one attached hydrogen (secondary N) is 6. The molecule has 6 N–H and O–H groups in total. The van der Waals surface area contributed by atoms with Crippen molar-refractivity contribution >= 4 is 106 Å². The average Bonchev–Trinajstić information content (AvgIpc) is 1.71. The van der Waals surface area contributed by atoms with E-state index in [9.17, 15) is 0 Å². The summed E-state index contributed by atoms with van der Waals surface area (Å²) in [6.07, 6.45) is 83.1. The molecule has 0 radical (unpaired) electrons. The molecule has 2 saturated heterocycles. The normalized spacial score (nSPS) is 11.8. The van der Waals surface area contributed by atoms with Crippen molar-refractivity contribution in [1.29, 1.82) is 0 Å². The number of hydrogen-bond donors (Lipinski definition) is 6. The number of imidazole rings is 2. The zero-order valence-electron chi connectivity index (χ0n) is 77.4. The minimum Gasteiger partial charge on any atom is -0.473 e. The van der Waals surface area contributed by atoms with Crippen molar-refractivity contribution in [3.63, 3.8) is 0 Å². The van der Waals surface area contributed by atoms with Crippen LogP contribution in [0.4, 0.5) is 0 Å². The monoisotopic (exact) mass is 1910 g/mol. The van der Waals surface area contributed by atoms with Gasteiger partial charge in [-0.25, -0.2) is 24.9 Å². The first-order chi connectivity index (χ1) is 69.3. The highest BCUT2D eigenvalue weighted by molar-refractivity contribution is 7.16. The summed E-state index contributed by atoms with van der Waals surface area (Å²) in [7, 11) is 0. The second kappa shape index (κ2) is 77.8. The maximum Gasteiger partial charge on any atom is 0.203 e. The van der Waals surface area contributed by atoms with Gasteiger partial charge in [0.2, 0.25) is 12.8 Å². The fourth-order valence-electron chi connectivity index (χ4n) is 11.2. The van der Waals surface area contributed by atoms with Gasteiger partial charge >= 0.3 is 0 Å². The number of aromatic amines is 4. The smallest absolute Gasteiger partial charge is 0.203 e. The van der Waals surface area contributed by atoms with Crippen LogP contribution in [0.5, 0.6) is 0 Å². The van der Waals surface area contributed by atoms with Crippen LogP contribution in [0.1, 0.15) is 63.6 Å². The van der Waals surface area contributed by atoms with Crippen molar-refractivity contribution in [3.8, 4) is 0 Å². The number of thiophene rings is 1. The molecule has 0 saturated carbocycles. The Morgan fingerprint density at radius 2 is 0.971 bits per heavy atom. The van der Waals surface area contributed by atoms with Gasteiger partial charge in [-0.3, -0.25) is 50.0 Å². The lowest BCUT2D eigenvalue weighted by Gasteiger charge is -2.11. The van der Waals surface area contributed by atoms with Crippen molar-refractivity contribution in [3.05, 3.63) is 474 Å². The lowest BCUT2D eigenvalue weighted by molar-refractivity contribution is 0.520. The molecule has 710 valence electrons. The number of rotatable bonds is 0. The summed E-state index contributed by atoms with van der Waals surface area (Å²) in [5, 5.41) is 36.0. The second-order valence-corrected chi connectivity index (χ2v) is 30.3. The Hall–Kier alpha value is -16.7. The van der Waals surface area contributed by atoms with Crippen LogP contribution in [0.15, 0.2) is 487 Å². The third kappa shape index (κ3) is 54.3. The molecule has 28 rings (SSSR count). The summed E-state index contributed by atoms with van der Waals surface area (Å²) in [4.78, 5) is 65.4. The maximum atomic E-state index is 4.58. The Balaban J connectivity index is 0.000000180. The van der Waals surface area contributed by atoms with E-state index >= 15 is 0 Å². The molecule has 5 aliphatic heterocycles. The van der Waals surface area contributed by atoms with Gasteiger partial charge in [-0.05, 0) is 233 Å². The predicted octanol–water partition coefficient (Wildman–Crippen LogP) is 23.8. The van der Waals surface area contributed by atoms with Gasteiger partial charge in [-0.1, -0.05) is 116 Å². The summed E-state index contributed by atoms with van der Waals surface area (Å²) in [5.41, 5.74) is 10.9. The van der Waals surface area contributed by atoms with Crippen LogP contribution in [0.2, 0.25) is 0 Å². The Labute approximate surface area is 822 Å². The number of H-pyrrole nitrogens is 4. The molecule has 0 unspecified atom stereocenters. The van der Waals surface area contributed by atoms with Gasteiger partial charge in [-0.15, -0.1) is 32.9 Å². The van der Waals surface area contributed by atoms with Crippen molar-refractivity contribution in [2.24, 2.45) is 9.98 Å². The van der Waals surface area contributed by atoms with E-state index in [1.807, 2.05) is 270 Å². The minimum absolute atomic E-state index is 0.889. The van der Waals surface area contributed by atoms with E-state index in [1.165, 1.54) is 119 Å². The van der Waals surface area contributed by atoms with E-state index in [0.717, 1.165) is 63.0 Å². The van der Waals surface area contributed by atoms with Gasteiger partial charge in [0, 0.05) is 215 Å². The number of aryl methyl sites for hydroxylation is 2. The van der Waals surface area contributed by atoms with Crippen LogP contribution in [0.25, 0.3) is 59.9 Å². The topological polar surface area (TPSA) is 367 Å². The number of pyridine rings is 7. The number of piperidine rings is 1. The number of fused-ring (bicyclic) bond motifs is 7. The number of thiazole rings is 2. The largest absolute Gasteiger partial charge is 0.473 e. The van der Waals surface area contributed by atoms with Crippen LogP contribution in [-0.2, 0) is 13.0 Å². The fraction of sp³-hybridized carbons (Fsp3) is 0.150. The number of hydrogen-bond acceptors (Lipinski definition) is 26. The van der Waals surface area contributed by atoms with Gasteiger partial charge in [0.1, 0.15) is 21.9 Å². The molecule has 29 nitrogen and oxygen atoms in total. The maximum absolute atomic E-state index is 4.58. The number of benzene rings is 2. The van der Waals surface area contributed by atoms with E-state index in [4.69, 9.17) is 0 Å². The number of allylic oxidation sites excluding steroid dienone is 6. The first-order valence-electron chi connectivity index (χ1n) is 44.9. The summed E-state index contributed by atoms with van der Waals surface area (Å²) in [5.74, 6) is 1.27. The molecular formula is C107H117N27O2S3. The van der Waals surface area contributed by atoms with E-state index in [1.54, 1.807) is 175 Å². The number of furan rings is 1. The second-order valence-electron chi connectivity index (χ2n) is 27.9. The van der Waals surface area contributed by atoms with Crippen LogP contribution in [0.3, 0.4) is 0 Å². The molecule has 1 aliphatic carbocycles. The number of aliphatic imine (C=N–C) groups is 2. The molecule has 0 atom stereocenters. The van der Waals surface area contributed by atoms with Crippen molar-refractivity contribution in [2.75, 3.05) is 32.7 Å². The quantitative estimate of drug-likeness (QED) is 0.0821. The van der Waals surface area contributed by atoms with Gasteiger partial charge in [0.25, 0.3) is 0 Å². The van der Waals surface area contributed by atoms with Gasteiger partial charge < -0.3 is 43.4 Å². The molecule has 6 aliphatic rings. The van der Waals surface area contributed by atoms with Gasteiger partial charge in [-0.2, -0.15) is 26.6 Å². The summed E-state index contributed by atoms with van der Waals surface area (Å²) < 4.78 is 13.2. The average molecular weight is 1910 g/mol. The summed E-state index contributed by atoms with van der Waals surface area (Å²) in [6, 6.07) is 68.6. The van der Waals surface area contributed by atoms with Crippen molar-refractivity contribution in [1.82, 2.24) is 125 Å². The Bertz CT molecular complexity index is 5340. The zero-order valence-corrected chi connectivity index (χ0v) is 79.8. The lowest BCUT2D eigenvalue weighted by Crippen LogP contribution is -2.21. The van der Waals surface area contributed by atoms with Crippen LogP contribution in [0, 0.1) is 0 Å². The number of para-hydroxylation sites is 2. The van der Waals surface area contributed by atoms with E-state index in [0.29, 0.717) is 0 Å². The van der Waals surface area contributed by atoms with Crippen molar-refractivity contribution < 1.29 is 8.83 Å². The van der Waals surface area contributed by atoms with Crippen LogP contribution >= 0.6 is 34.0 Å². The molecule has 20 aromatic heterocycles. The van der Waals surface area contributed by atoms with Gasteiger partial charge in [0.05, 0.1) is 52.2 Å². The Morgan fingerprint density at radius 1 is 0.353 bits per heavy atom. The summed E-state index contributed by atoms with van der Waals surface area (Å²) >= 11 is 4.88. The summed E-state index contributed by atoms with van der Waals surface area (Å²) in [6.45, 7) is 7.06. The molecule has 22 aromatic rings.